The van der Waals surface area contributed by atoms with E-state index < -0.39 is 16.1 Å². The van der Waals surface area contributed by atoms with Crippen molar-refractivity contribution in [1.29, 1.82) is 0 Å². The van der Waals surface area contributed by atoms with Crippen LogP contribution in [0.5, 0.6) is 0 Å². The van der Waals surface area contributed by atoms with Crippen molar-refractivity contribution in [3.8, 4) is 0 Å². The number of likely N-dealkylation sites (N-methyl/N-ethyl adjacent to an activating group) is 1. The Labute approximate surface area is 214 Å². The van der Waals surface area contributed by atoms with Crippen LogP contribution in [-0.4, -0.2) is 50.5 Å². The Balaban J connectivity index is 2.23. The van der Waals surface area contributed by atoms with Crippen LogP contribution in [0.25, 0.3) is 0 Å². The van der Waals surface area contributed by atoms with Crippen molar-refractivity contribution in [2.24, 2.45) is 0 Å². The monoisotopic (exact) mass is 521 g/mol. The zero-order valence-electron chi connectivity index (χ0n) is 21.2. The Morgan fingerprint density at radius 3 is 2.31 bits per heavy atom. The number of carbonyl (C=O) groups is 2. The second kappa shape index (κ2) is 12.9. The molecule has 0 aromatic heterocycles. The predicted molar refractivity (Wildman–Crippen MR) is 142 cm³/mol. The molecule has 0 heterocycles. The number of anilines is 1. The van der Waals surface area contributed by atoms with E-state index in [1.165, 1.54) is 4.31 Å². The van der Waals surface area contributed by atoms with Crippen molar-refractivity contribution >= 4 is 39.1 Å². The van der Waals surface area contributed by atoms with E-state index in [-0.39, 0.29) is 31.3 Å². The molecule has 1 N–H and O–H groups in total. The van der Waals surface area contributed by atoms with Crippen LogP contribution in [0, 0.1) is 13.8 Å². The zero-order chi connectivity index (χ0) is 26.2. The quantitative estimate of drug-likeness (QED) is 0.447. The third-order valence-electron chi connectivity index (χ3n) is 5.97. The van der Waals surface area contributed by atoms with Gasteiger partial charge in [0, 0.05) is 31.1 Å². The molecule has 9 heteroatoms. The molecule has 35 heavy (non-hydrogen) atoms. The van der Waals surface area contributed by atoms with E-state index in [0.717, 1.165) is 22.9 Å². The molecule has 2 amide bonds. The Bertz CT molecular complexity index is 1140. The van der Waals surface area contributed by atoms with Crippen molar-refractivity contribution in [2.75, 3.05) is 23.7 Å². The molecular formula is C26H36ClN3O4S. The lowest BCUT2D eigenvalue weighted by Gasteiger charge is -2.31. The van der Waals surface area contributed by atoms with E-state index >= 15 is 0 Å². The molecule has 0 aliphatic carbocycles. The highest BCUT2D eigenvalue weighted by atomic mass is 35.5. The first-order valence-corrected chi connectivity index (χ1v) is 14.1. The van der Waals surface area contributed by atoms with Gasteiger partial charge in [0.15, 0.2) is 0 Å². The van der Waals surface area contributed by atoms with Gasteiger partial charge >= 0.3 is 0 Å². The first kappa shape index (κ1) is 28.7. The Kier molecular flexibility index (Phi) is 10.6. The molecule has 1 atom stereocenters. The van der Waals surface area contributed by atoms with Gasteiger partial charge in [-0.15, -0.1) is 0 Å². The van der Waals surface area contributed by atoms with Crippen molar-refractivity contribution in [3.05, 3.63) is 64.2 Å². The molecule has 7 nitrogen and oxygen atoms in total. The van der Waals surface area contributed by atoms with Gasteiger partial charge < -0.3 is 10.2 Å². The fraction of sp³-hybridized carbons (Fsp3) is 0.462. The zero-order valence-corrected chi connectivity index (χ0v) is 22.7. The summed E-state index contributed by atoms with van der Waals surface area (Å²) in [6.07, 6.45) is 2.01. The van der Waals surface area contributed by atoms with Gasteiger partial charge in [-0.05, 0) is 68.5 Å². The number of halogens is 1. The number of aryl methyl sites for hydroxylation is 2. The minimum atomic E-state index is -3.53. The summed E-state index contributed by atoms with van der Waals surface area (Å²) in [5, 5.41) is 3.33. The van der Waals surface area contributed by atoms with Crippen LogP contribution in [0.15, 0.2) is 42.5 Å². The highest BCUT2D eigenvalue weighted by Gasteiger charge is 2.29. The summed E-state index contributed by atoms with van der Waals surface area (Å²) < 4.78 is 26.3. The Hall–Kier alpha value is -2.58. The average Bonchev–Trinajstić information content (AvgIpc) is 2.79. The molecule has 0 fully saturated rings. The van der Waals surface area contributed by atoms with Gasteiger partial charge in [0.05, 0.1) is 11.9 Å². The fourth-order valence-electron chi connectivity index (χ4n) is 3.91. The largest absolute Gasteiger partial charge is 0.355 e. The molecule has 0 unspecified atom stereocenters. The number of carbonyl (C=O) groups excluding carboxylic acids is 2. The van der Waals surface area contributed by atoms with Crippen LogP contribution < -0.4 is 9.62 Å². The fourth-order valence-corrected chi connectivity index (χ4v) is 5.06. The number of amides is 2. The smallest absolute Gasteiger partial charge is 0.242 e. The van der Waals surface area contributed by atoms with Gasteiger partial charge in [-0.2, -0.15) is 0 Å². The van der Waals surface area contributed by atoms with Crippen LogP contribution >= 0.6 is 11.6 Å². The second-order valence-corrected chi connectivity index (χ2v) is 11.0. The lowest BCUT2D eigenvalue weighted by atomic mass is 10.1. The second-order valence-electron chi connectivity index (χ2n) is 8.64. The maximum Gasteiger partial charge on any atom is 0.242 e. The van der Waals surface area contributed by atoms with Crippen LogP contribution in [0.1, 0.15) is 49.8 Å². The molecule has 0 aliphatic heterocycles. The lowest BCUT2D eigenvalue weighted by Crippen LogP contribution is -2.49. The third-order valence-corrected chi connectivity index (χ3v) is 7.53. The summed E-state index contributed by atoms with van der Waals surface area (Å²) in [6, 6.07) is 12.1. The predicted octanol–water partition coefficient (Wildman–Crippen LogP) is 4.45. The Morgan fingerprint density at radius 1 is 1.06 bits per heavy atom. The van der Waals surface area contributed by atoms with E-state index in [1.807, 2.05) is 58.0 Å². The van der Waals surface area contributed by atoms with Gasteiger partial charge in [-0.25, -0.2) is 8.42 Å². The minimum Gasteiger partial charge on any atom is -0.355 e. The number of nitrogens with one attached hydrogen (secondary N) is 1. The number of sulfonamides is 1. The number of hydrogen-bond acceptors (Lipinski definition) is 4. The first-order chi connectivity index (χ1) is 16.5. The Morgan fingerprint density at radius 2 is 1.74 bits per heavy atom. The van der Waals surface area contributed by atoms with Gasteiger partial charge in [-0.3, -0.25) is 13.9 Å². The standard InChI is InChI=1S/C26H36ClN3O4S/c1-6-24(26(32)28-7-2)29(18-21-11-8-9-12-23(21)27)25(31)13-10-16-30(35(5,33)34)22-15-14-19(3)20(4)17-22/h8-9,11-12,14-15,17,24H,6-7,10,13,16,18H2,1-5H3,(H,28,32)/t24-/m0/s1. The molecule has 0 spiro atoms. The van der Waals surface area contributed by atoms with E-state index in [4.69, 9.17) is 11.6 Å². The van der Waals surface area contributed by atoms with Crippen molar-refractivity contribution < 1.29 is 18.0 Å². The molecular weight excluding hydrogens is 486 g/mol. The summed E-state index contributed by atoms with van der Waals surface area (Å²) in [6.45, 7) is 8.40. The molecule has 0 aliphatic rings. The van der Waals surface area contributed by atoms with Crippen molar-refractivity contribution in [2.45, 2.75) is 59.5 Å². The maximum absolute atomic E-state index is 13.4. The highest BCUT2D eigenvalue weighted by molar-refractivity contribution is 7.92. The summed E-state index contributed by atoms with van der Waals surface area (Å²) in [7, 11) is -3.53. The van der Waals surface area contributed by atoms with Crippen LogP contribution in [-0.2, 0) is 26.2 Å². The van der Waals surface area contributed by atoms with E-state index in [2.05, 4.69) is 5.32 Å². The number of nitrogens with zero attached hydrogens (tertiary/aromatic N) is 2. The van der Waals surface area contributed by atoms with Crippen molar-refractivity contribution in [3.63, 3.8) is 0 Å². The number of benzene rings is 2. The van der Waals surface area contributed by atoms with Gasteiger partial charge in [-0.1, -0.05) is 42.8 Å². The number of rotatable bonds is 12. The first-order valence-electron chi connectivity index (χ1n) is 11.8. The molecule has 2 rings (SSSR count). The molecule has 192 valence electrons. The topological polar surface area (TPSA) is 86.8 Å². The van der Waals surface area contributed by atoms with Gasteiger partial charge in [0.25, 0.3) is 0 Å². The van der Waals surface area contributed by atoms with E-state index in [9.17, 15) is 18.0 Å². The SMILES string of the molecule is CCNC(=O)[C@H](CC)N(Cc1ccccc1Cl)C(=O)CCCN(c1ccc(C)c(C)c1)S(C)(=O)=O. The third kappa shape index (κ3) is 7.97. The molecule has 0 saturated carbocycles. The van der Waals surface area contributed by atoms with Crippen molar-refractivity contribution in [1.82, 2.24) is 10.2 Å². The number of hydrogen-bond donors (Lipinski definition) is 1. The molecule has 2 aromatic rings. The van der Waals surface area contributed by atoms with Gasteiger partial charge in [0.1, 0.15) is 6.04 Å². The molecule has 0 radical (unpaired) electrons. The lowest BCUT2D eigenvalue weighted by molar-refractivity contribution is -0.141. The van der Waals surface area contributed by atoms with Crippen LogP contribution in [0.2, 0.25) is 5.02 Å². The summed E-state index contributed by atoms with van der Waals surface area (Å²) >= 11 is 6.34. The summed E-state index contributed by atoms with van der Waals surface area (Å²) in [5.74, 6) is -0.445. The van der Waals surface area contributed by atoms with E-state index in [0.29, 0.717) is 30.1 Å². The van der Waals surface area contributed by atoms with E-state index in [1.54, 1.807) is 17.0 Å². The summed E-state index contributed by atoms with van der Waals surface area (Å²) in [5.41, 5.74) is 3.39. The van der Waals surface area contributed by atoms with Crippen LogP contribution in [0.3, 0.4) is 0 Å². The molecule has 0 bridgehead atoms. The minimum absolute atomic E-state index is 0.0945. The van der Waals surface area contributed by atoms with Crippen LogP contribution in [0.4, 0.5) is 5.69 Å². The highest BCUT2D eigenvalue weighted by Crippen LogP contribution is 2.23. The van der Waals surface area contributed by atoms with Gasteiger partial charge in [0.2, 0.25) is 21.8 Å². The average molecular weight is 522 g/mol. The maximum atomic E-state index is 13.4. The summed E-state index contributed by atoms with van der Waals surface area (Å²) in [4.78, 5) is 27.6. The molecule has 0 saturated heterocycles. The molecule has 2 aromatic carbocycles. The normalized spacial score (nSPS) is 12.2.